The molecule has 16 heavy (non-hydrogen) atoms. The molecule has 0 aliphatic rings. The monoisotopic (exact) mass is 230 g/mol. The predicted molar refractivity (Wildman–Crippen MR) is 66.4 cm³/mol. The summed E-state index contributed by atoms with van der Waals surface area (Å²) in [4.78, 5) is 13.1. The van der Waals surface area contributed by atoms with Gasteiger partial charge >= 0.3 is 6.03 Å². The minimum atomic E-state index is -0.103. The second kappa shape index (κ2) is 7.49. The van der Waals surface area contributed by atoms with Crippen molar-refractivity contribution in [1.29, 1.82) is 0 Å². The van der Waals surface area contributed by atoms with Gasteiger partial charge in [0.25, 0.3) is 0 Å². The van der Waals surface area contributed by atoms with E-state index in [0.29, 0.717) is 13.1 Å². The third kappa shape index (κ3) is 4.39. The van der Waals surface area contributed by atoms with E-state index in [1.807, 2.05) is 0 Å². The van der Waals surface area contributed by atoms with Crippen LogP contribution in [0.3, 0.4) is 0 Å². The van der Waals surface area contributed by atoms with Crippen LogP contribution in [0.1, 0.15) is 40.0 Å². The van der Waals surface area contributed by atoms with E-state index >= 15 is 0 Å². The summed E-state index contributed by atoms with van der Waals surface area (Å²) in [5.41, 5.74) is 0.218. The largest absolute Gasteiger partial charge is 0.395 e. The van der Waals surface area contributed by atoms with Crippen LogP contribution >= 0.6 is 0 Å². The SMILES string of the molecule is CCC(CC)(CC)CNC(=O)N(C)CCO. The normalized spacial score (nSPS) is 11.3. The molecule has 0 aromatic rings. The first kappa shape index (κ1) is 15.2. The summed E-state index contributed by atoms with van der Waals surface area (Å²) in [5, 5.41) is 11.7. The summed E-state index contributed by atoms with van der Waals surface area (Å²) < 4.78 is 0. The zero-order chi connectivity index (χ0) is 12.6. The summed E-state index contributed by atoms with van der Waals surface area (Å²) in [6, 6.07) is -0.103. The summed E-state index contributed by atoms with van der Waals surface area (Å²) in [6.45, 7) is 7.59. The number of carbonyl (C=O) groups excluding carboxylic acids is 1. The van der Waals surface area contributed by atoms with Crippen LogP contribution in [0.25, 0.3) is 0 Å². The third-order valence-corrected chi connectivity index (χ3v) is 3.65. The van der Waals surface area contributed by atoms with E-state index in [0.717, 1.165) is 19.3 Å². The molecular formula is C12H26N2O2. The fourth-order valence-corrected chi connectivity index (χ4v) is 1.77. The van der Waals surface area contributed by atoms with Gasteiger partial charge in [0.2, 0.25) is 0 Å². The van der Waals surface area contributed by atoms with Gasteiger partial charge in [-0.25, -0.2) is 4.79 Å². The number of aliphatic hydroxyl groups excluding tert-OH is 1. The molecule has 0 spiro atoms. The zero-order valence-electron chi connectivity index (χ0n) is 11.0. The highest BCUT2D eigenvalue weighted by molar-refractivity contribution is 5.73. The number of rotatable bonds is 7. The maximum atomic E-state index is 11.6. The van der Waals surface area contributed by atoms with Gasteiger partial charge in [-0.15, -0.1) is 0 Å². The van der Waals surface area contributed by atoms with Gasteiger partial charge in [0, 0.05) is 20.1 Å². The lowest BCUT2D eigenvalue weighted by molar-refractivity contribution is 0.178. The van der Waals surface area contributed by atoms with Crippen molar-refractivity contribution in [3.05, 3.63) is 0 Å². The van der Waals surface area contributed by atoms with Crippen molar-refractivity contribution >= 4 is 6.03 Å². The predicted octanol–water partition coefficient (Wildman–Crippen LogP) is 1.84. The molecule has 0 radical (unpaired) electrons. The van der Waals surface area contributed by atoms with Gasteiger partial charge < -0.3 is 15.3 Å². The van der Waals surface area contributed by atoms with Crippen LogP contribution in [0, 0.1) is 5.41 Å². The molecular weight excluding hydrogens is 204 g/mol. The minimum Gasteiger partial charge on any atom is -0.395 e. The molecule has 0 bridgehead atoms. The number of likely N-dealkylation sites (N-methyl/N-ethyl adjacent to an activating group) is 1. The smallest absolute Gasteiger partial charge is 0.317 e. The number of nitrogens with one attached hydrogen (secondary N) is 1. The Morgan fingerprint density at radius 2 is 1.75 bits per heavy atom. The van der Waals surface area contributed by atoms with Crippen LogP contribution in [0.4, 0.5) is 4.79 Å². The van der Waals surface area contributed by atoms with Crippen LogP contribution in [-0.2, 0) is 0 Å². The van der Waals surface area contributed by atoms with Crippen LogP contribution in [0.5, 0.6) is 0 Å². The maximum Gasteiger partial charge on any atom is 0.317 e. The topological polar surface area (TPSA) is 52.6 Å². The standard InChI is InChI=1S/C12H26N2O2/c1-5-12(6-2,7-3)10-13-11(16)14(4)8-9-15/h15H,5-10H2,1-4H3,(H,13,16). The molecule has 0 rings (SSSR count). The third-order valence-electron chi connectivity index (χ3n) is 3.65. The Labute approximate surface area is 99.0 Å². The Hall–Kier alpha value is -0.770. The van der Waals surface area contributed by atoms with E-state index in [-0.39, 0.29) is 18.1 Å². The van der Waals surface area contributed by atoms with Gasteiger partial charge in [0.15, 0.2) is 0 Å². The molecule has 0 saturated heterocycles. The van der Waals surface area contributed by atoms with Crippen LogP contribution in [-0.4, -0.2) is 42.8 Å². The van der Waals surface area contributed by atoms with E-state index in [1.54, 1.807) is 7.05 Å². The maximum absolute atomic E-state index is 11.6. The molecule has 0 aromatic heterocycles. The Kier molecular flexibility index (Phi) is 7.13. The number of carbonyl (C=O) groups is 1. The van der Waals surface area contributed by atoms with Crippen LogP contribution in [0.2, 0.25) is 0 Å². The van der Waals surface area contributed by atoms with Gasteiger partial charge in [-0.3, -0.25) is 0 Å². The minimum absolute atomic E-state index is 0.00436. The molecule has 0 aliphatic carbocycles. The van der Waals surface area contributed by atoms with Crippen molar-refractivity contribution in [2.45, 2.75) is 40.0 Å². The molecule has 0 unspecified atom stereocenters. The van der Waals surface area contributed by atoms with E-state index < -0.39 is 0 Å². The van der Waals surface area contributed by atoms with Crippen molar-refractivity contribution in [3.63, 3.8) is 0 Å². The molecule has 2 N–H and O–H groups in total. The van der Waals surface area contributed by atoms with E-state index in [9.17, 15) is 4.79 Å². The Morgan fingerprint density at radius 3 is 2.12 bits per heavy atom. The van der Waals surface area contributed by atoms with Crippen molar-refractivity contribution < 1.29 is 9.90 Å². The van der Waals surface area contributed by atoms with Gasteiger partial charge in [0.05, 0.1) is 6.61 Å². The zero-order valence-corrected chi connectivity index (χ0v) is 11.0. The first-order valence-electron chi connectivity index (χ1n) is 6.15. The van der Waals surface area contributed by atoms with Crippen molar-refractivity contribution in [2.75, 3.05) is 26.7 Å². The lowest BCUT2D eigenvalue weighted by Gasteiger charge is -2.31. The number of hydrogen-bond donors (Lipinski definition) is 2. The molecule has 0 aromatic carbocycles. The highest BCUT2D eigenvalue weighted by Gasteiger charge is 2.24. The second-order valence-corrected chi connectivity index (χ2v) is 4.36. The number of hydrogen-bond acceptors (Lipinski definition) is 2. The summed E-state index contributed by atoms with van der Waals surface area (Å²) >= 11 is 0. The molecule has 2 amide bonds. The fourth-order valence-electron chi connectivity index (χ4n) is 1.77. The van der Waals surface area contributed by atoms with E-state index in [1.165, 1.54) is 4.90 Å². The van der Waals surface area contributed by atoms with Gasteiger partial charge in [0.1, 0.15) is 0 Å². The number of aliphatic hydroxyl groups is 1. The van der Waals surface area contributed by atoms with E-state index in [2.05, 4.69) is 26.1 Å². The van der Waals surface area contributed by atoms with E-state index in [4.69, 9.17) is 5.11 Å². The van der Waals surface area contributed by atoms with Gasteiger partial charge in [-0.2, -0.15) is 0 Å². The summed E-state index contributed by atoms with van der Waals surface area (Å²) in [6.07, 6.45) is 3.22. The summed E-state index contributed by atoms with van der Waals surface area (Å²) in [5.74, 6) is 0. The Bertz CT molecular complexity index is 195. The molecule has 4 nitrogen and oxygen atoms in total. The lowest BCUT2D eigenvalue weighted by atomic mass is 9.80. The highest BCUT2D eigenvalue weighted by Crippen LogP contribution is 2.29. The first-order valence-corrected chi connectivity index (χ1v) is 6.15. The van der Waals surface area contributed by atoms with Gasteiger partial charge in [-0.05, 0) is 24.7 Å². The number of amides is 2. The lowest BCUT2D eigenvalue weighted by Crippen LogP contribution is -2.43. The molecule has 96 valence electrons. The van der Waals surface area contributed by atoms with Crippen LogP contribution < -0.4 is 5.32 Å². The molecule has 4 heteroatoms. The summed E-state index contributed by atoms with van der Waals surface area (Å²) in [7, 11) is 1.69. The van der Waals surface area contributed by atoms with Gasteiger partial charge in [-0.1, -0.05) is 20.8 Å². The first-order chi connectivity index (χ1) is 7.55. The molecule has 0 atom stereocenters. The Morgan fingerprint density at radius 1 is 1.25 bits per heavy atom. The average molecular weight is 230 g/mol. The second-order valence-electron chi connectivity index (χ2n) is 4.36. The quantitative estimate of drug-likeness (QED) is 0.701. The molecule has 0 heterocycles. The average Bonchev–Trinajstić information content (AvgIpc) is 2.31. The molecule has 0 saturated carbocycles. The van der Waals surface area contributed by atoms with Crippen LogP contribution in [0.15, 0.2) is 0 Å². The Balaban J connectivity index is 4.15. The highest BCUT2D eigenvalue weighted by atomic mass is 16.3. The van der Waals surface area contributed by atoms with Crippen molar-refractivity contribution in [2.24, 2.45) is 5.41 Å². The molecule has 0 aliphatic heterocycles. The van der Waals surface area contributed by atoms with Crippen molar-refractivity contribution in [1.82, 2.24) is 10.2 Å². The number of urea groups is 1. The molecule has 0 fully saturated rings. The fraction of sp³-hybridized carbons (Fsp3) is 0.917. The number of nitrogens with zero attached hydrogens (tertiary/aromatic N) is 1. The van der Waals surface area contributed by atoms with Crippen molar-refractivity contribution in [3.8, 4) is 0 Å².